The van der Waals surface area contributed by atoms with Crippen molar-refractivity contribution in [3.63, 3.8) is 0 Å². The molecule has 3 atom stereocenters. The Kier molecular flexibility index (Phi) is 12.3. The standard InChI is InChI=1S/C43H47FN8O9/c1-3-43(60)27-15-32-39-25(20-52(32)41(58)26(27)21-61-42(43)59)38-29(12-11-24-22(2)28(44)16-30(51-39)37(24)38)49-33(53)10-7-13-46-35(55)18-48-40(57)31(14-23-8-5-4-6-9-23)50-36(56)19-47-34(54)17-45/h4-6,8-9,15-16,29,31,60H,3,7,10-14,17-21,45H2,1-2H3,(H,46,55)(H,47,54)(H,48,57)(H,49,53)(H,50,56)/t29?,31-,43-/m0/s1. The third-order valence-corrected chi connectivity index (χ3v) is 11.6. The summed E-state index contributed by atoms with van der Waals surface area (Å²) in [4.78, 5) is 94.7. The molecule has 8 N–H and O–H groups in total. The molecule has 4 heterocycles. The number of fused-ring (bicyclic) bond motifs is 5. The minimum absolute atomic E-state index is 0.0238. The minimum atomic E-state index is -2.02. The second-order valence-electron chi connectivity index (χ2n) is 15.4. The maximum absolute atomic E-state index is 15.3. The van der Waals surface area contributed by atoms with Crippen molar-refractivity contribution in [3.8, 4) is 11.4 Å². The number of aliphatic hydroxyl groups is 1. The molecule has 320 valence electrons. The van der Waals surface area contributed by atoms with Gasteiger partial charge in [-0.05, 0) is 60.9 Å². The first-order valence-corrected chi connectivity index (χ1v) is 20.2. The molecule has 2 aromatic heterocycles. The summed E-state index contributed by atoms with van der Waals surface area (Å²) in [5.41, 5.74) is 7.66. The number of aryl methyl sites for hydroxylation is 1. The van der Waals surface area contributed by atoms with Crippen LogP contribution in [0.25, 0.3) is 22.3 Å². The first-order chi connectivity index (χ1) is 29.2. The van der Waals surface area contributed by atoms with Crippen molar-refractivity contribution in [2.75, 3.05) is 26.2 Å². The van der Waals surface area contributed by atoms with Crippen LogP contribution in [0, 0.1) is 12.7 Å². The number of carbonyl (C=O) groups excluding carboxylic acids is 6. The number of halogens is 1. The van der Waals surface area contributed by atoms with Crippen molar-refractivity contribution in [2.45, 2.75) is 83.2 Å². The van der Waals surface area contributed by atoms with Crippen molar-refractivity contribution in [1.82, 2.24) is 36.1 Å². The molecule has 3 aliphatic rings. The van der Waals surface area contributed by atoms with Crippen molar-refractivity contribution < 1.29 is 43.0 Å². The minimum Gasteiger partial charge on any atom is -0.458 e. The van der Waals surface area contributed by atoms with E-state index in [0.29, 0.717) is 46.3 Å². The van der Waals surface area contributed by atoms with Crippen LogP contribution in [0.4, 0.5) is 4.39 Å². The summed E-state index contributed by atoms with van der Waals surface area (Å²) in [6.07, 6.45) is 1.31. The molecule has 0 saturated heterocycles. The summed E-state index contributed by atoms with van der Waals surface area (Å²) in [7, 11) is 0. The summed E-state index contributed by atoms with van der Waals surface area (Å²) >= 11 is 0. The molecule has 0 radical (unpaired) electrons. The Morgan fingerprint density at radius 3 is 2.49 bits per heavy atom. The molecule has 0 spiro atoms. The van der Waals surface area contributed by atoms with Gasteiger partial charge in [0, 0.05) is 42.0 Å². The highest BCUT2D eigenvalue weighted by atomic mass is 19.1. The lowest BCUT2D eigenvalue weighted by Crippen LogP contribution is -2.52. The number of hydrogen-bond acceptors (Lipinski definition) is 11. The Bertz CT molecular complexity index is 2530. The zero-order valence-corrected chi connectivity index (χ0v) is 33.7. The number of nitrogens with zero attached hydrogens (tertiary/aromatic N) is 2. The molecule has 0 bridgehead atoms. The fraction of sp³-hybridized carbons (Fsp3) is 0.395. The van der Waals surface area contributed by atoms with E-state index in [-0.39, 0.29) is 75.5 Å². The van der Waals surface area contributed by atoms with Crippen molar-refractivity contribution >= 4 is 46.4 Å². The number of carbonyl (C=O) groups is 6. The van der Waals surface area contributed by atoms with Crippen LogP contribution < -0.4 is 37.9 Å². The van der Waals surface area contributed by atoms with Gasteiger partial charge in [-0.1, -0.05) is 37.3 Å². The molecule has 0 fully saturated rings. The van der Waals surface area contributed by atoms with E-state index in [1.54, 1.807) is 44.2 Å². The molecule has 0 saturated carbocycles. The van der Waals surface area contributed by atoms with E-state index in [4.69, 9.17) is 15.5 Å². The van der Waals surface area contributed by atoms with Gasteiger partial charge in [-0.15, -0.1) is 0 Å². The largest absolute Gasteiger partial charge is 0.458 e. The predicted molar refractivity (Wildman–Crippen MR) is 218 cm³/mol. The number of aromatic nitrogens is 2. The van der Waals surface area contributed by atoms with Crippen molar-refractivity contribution in [1.29, 1.82) is 0 Å². The molecule has 7 rings (SSSR count). The quantitative estimate of drug-likeness (QED) is 0.0563. The van der Waals surface area contributed by atoms with Crippen LogP contribution in [0.15, 0.2) is 47.3 Å². The molecule has 1 aliphatic carbocycles. The lowest BCUT2D eigenvalue weighted by atomic mass is 9.81. The molecule has 1 unspecified atom stereocenters. The van der Waals surface area contributed by atoms with Gasteiger partial charge in [-0.2, -0.15) is 0 Å². The zero-order chi connectivity index (χ0) is 43.6. The SMILES string of the molecule is CC[C@@]1(O)C(=O)OCc2c1cc1n(c2=O)Cc2c-1nc1cc(F)c(C)c3c1c2C(NC(=O)CCCNC(=O)CNC(=O)[C@H](Cc1ccccc1)NC(=O)CNC(=O)CN)CC3. The third-order valence-electron chi connectivity index (χ3n) is 11.6. The van der Waals surface area contributed by atoms with Gasteiger partial charge in [0.05, 0.1) is 54.7 Å². The lowest BCUT2D eigenvalue weighted by Gasteiger charge is -2.31. The second kappa shape index (κ2) is 17.6. The van der Waals surface area contributed by atoms with Crippen LogP contribution in [0.2, 0.25) is 0 Å². The number of benzene rings is 2. The van der Waals surface area contributed by atoms with Gasteiger partial charge < -0.3 is 46.7 Å². The predicted octanol–water partition coefficient (Wildman–Crippen LogP) is 0.446. The number of esters is 1. The number of pyridine rings is 2. The van der Waals surface area contributed by atoms with Crippen molar-refractivity contribution in [2.24, 2.45) is 5.73 Å². The Hall–Kier alpha value is -6.53. The maximum Gasteiger partial charge on any atom is 0.343 e. The highest BCUT2D eigenvalue weighted by molar-refractivity contribution is 5.94. The van der Waals surface area contributed by atoms with Crippen LogP contribution in [-0.4, -0.2) is 82.4 Å². The summed E-state index contributed by atoms with van der Waals surface area (Å²) in [5.74, 6) is -3.85. The number of nitrogens with two attached hydrogens (primary N) is 1. The van der Waals surface area contributed by atoms with E-state index >= 15 is 4.39 Å². The molecule has 4 aromatic rings. The van der Waals surface area contributed by atoms with Gasteiger partial charge in [0.2, 0.25) is 29.5 Å². The van der Waals surface area contributed by atoms with Crippen LogP contribution >= 0.6 is 0 Å². The molecule has 18 heteroatoms. The van der Waals surface area contributed by atoms with Gasteiger partial charge in [0.25, 0.3) is 5.56 Å². The maximum atomic E-state index is 15.3. The van der Waals surface area contributed by atoms with Gasteiger partial charge in [-0.25, -0.2) is 14.2 Å². The smallest absolute Gasteiger partial charge is 0.343 e. The zero-order valence-electron chi connectivity index (χ0n) is 33.7. The van der Waals surface area contributed by atoms with Crippen molar-refractivity contribution in [3.05, 3.63) is 97.6 Å². The Balaban J connectivity index is 1.00. The molecule has 61 heavy (non-hydrogen) atoms. The number of cyclic esters (lactones) is 1. The van der Waals surface area contributed by atoms with Crippen LogP contribution in [0.1, 0.15) is 77.6 Å². The second-order valence-corrected chi connectivity index (χ2v) is 15.4. The number of rotatable bonds is 15. The van der Waals surface area contributed by atoms with E-state index in [1.165, 1.54) is 10.6 Å². The fourth-order valence-electron chi connectivity index (χ4n) is 8.35. The van der Waals surface area contributed by atoms with E-state index in [1.807, 2.05) is 6.07 Å². The van der Waals surface area contributed by atoms with Crippen LogP contribution in [-0.2, 0) is 65.1 Å². The summed E-state index contributed by atoms with van der Waals surface area (Å²) in [5, 5.41) is 25.3. The summed E-state index contributed by atoms with van der Waals surface area (Å²) < 4.78 is 22.0. The van der Waals surface area contributed by atoms with E-state index in [2.05, 4.69) is 26.6 Å². The Morgan fingerprint density at radius 1 is 1.00 bits per heavy atom. The number of amides is 5. The highest BCUT2D eigenvalue weighted by Crippen LogP contribution is 2.46. The lowest BCUT2D eigenvalue weighted by molar-refractivity contribution is -0.172. The van der Waals surface area contributed by atoms with Crippen LogP contribution in [0.5, 0.6) is 0 Å². The Labute approximate surface area is 349 Å². The van der Waals surface area contributed by atoms with E-state index in [0.717, 1.165) is 16.7 Å². The average molecular weight is 839 g/mol. The average Bonchev–Trinajstić information content (AvgIpc) is 3.63. The van der Waals surface area contributed by atoms with E-state index < -0.39 is 65.2 Å². The topological polar surface area (TPSA) is 253 Å². The molecular formula is C43H47FN8O9. The Morgan fingerprint density at radius 2 is 1.75 bits per heavy atom. The number of nitrogens with one attached hydrogen (secondary N) is 5. The van der Waals surface area contributed by atoms with Crippen LogP contribution in [0.3, 0.4) is 0 Å². The third kappa shape index (κ3) is 8.45. The molecule has 5 amide bonds. The number of hydrogen-bond donors (Lipinski definition) is 7. The molecule has 2 aromatic carbocycles. The molecule has 17 nitrogen and oxygen atoms in total. The van der Waals surface area contributed by atoms with Gasteiger partial charge in [-0.3, -0.25) is 28.8 Å². The number of ether oxygens (including phenoxy) is 1. The molecular weight excluding hydrogens is 792 g/mol. The van der Waals surface area contributed by atoms with Gasteiger partial charge in [0.15, 0.2) is 5.60 Å². The van der Waals surface area contributed by atoms with Gasteiger partial charge in [0.1, 0.15) is 18.5 Å². The normalized spacial score (nSPS) is 17.6. The fourth-order valence-corrected chi connectivity index (χ4v) is 8.35. The van der Waals surface area contributed by atoms with E-state index in [9.17, 15) is 38.7 Å². The summed E-state index contributed by atoms with van der Waals surface area (Å²) in [6, 6.07) is 10.3. The van der Waals surface area contributed by atoms with Gasteiger partial charge >= 0.3 is 5.97 Å². The summed E-state index contributed by atoms with van der Waals surface area (Å²) in [6.45, 7) is 2.18. The monoisotopic (exact) mass is 838 g/mol. The highest BCUT2D eigenvalue weighted by Gasteiger charge is 2.46. The first kappa shape index (κ1) is 42.6. The molecule has 2 aliphatic heterocycles. The first-order valence-electron chi connectivity index (χ1n) is 20.2.